The minimum absolute atomic E-state index is 0.156. The van der Waals surface area contributed by atoms with E-state index in [0.717, 1.165) is 0 Å². The van der Waals surface area contributed by atoms with Crippen LogP contribution in [0.1, 0.15) is 5.56 Å². The van der Waals surface area contributed by atoms with Gasteiger partial charge in [0.25, 0.3) is 0 Å². The van der Waals surface area contributed by atoms with Crippen molar-refractivity contribution >= 4 is 35.0 Å². The molecule has 2 rings (SSSR count). The standard InChI is InChI=1S/C17H15FN2O2S/c1-22-15-5-3-2-4-14(15)19-17(23)20-16(21)11-8-12-6-9-13(18)10-7-12/h2-11H,1H3,(H2,19,20,21,23)/b11-8+. The molecule has 0 unspecified atom stereocenters. The molecule has 2 N–H and O–H groups in total. The van der Waals surface area contributed by atoms with Crippen LogP contribution in [0.15, 0.2) is 54.6 Å². The summed E-state index contributed by atoms with van der Waals surface area (Å²) in [5.74, 6) is -0.0959. The number of carbonyl (C=O) groups is 1. The first kappa shape index (κ1) is 16.6. The molecule has 0 radical (unpaired) electrons. The molecule has 4 nitrogen and oxygen atoms in total. The molecule has 0 aromatic heterocycles. The van der Waals surface area contributed by atoms with Gasteiger partial charge < -0.3 is 10.1 Å². The van der Waals surface area contributed by atoms with Crippen molar-refractivity contribution in [3.63, 3.8) is 0 Å². The number of methoxy groups -OCH3 is 1. The molecule has 0 aliphatic heterocycles. The third-order valence-corrected chi connectivity index (χ3v) is 3.09. The van der Waals surface area contributed by atoms with Gasteiger partial charge in [0.05, 0.1) is 12.8 Å². The van der Waals surface area contributed by atoms with Crippen LogP contribution < -0.4 is 15.4 Å². The van der Waals surface area contributed by atoms with Crippen molar-refractivity contribution in [3.8, 4) is 5.75 Å². The number of ether oxygens (including phenoxy) is 1. The number of halogens is 1. The summed E-state index contributed by atoms with van der Waals surface area (Å²) in [6.07, 6.45) is 2.89. The fourth-order valence-corrected chi connectivity index (χ4v) is 2.01. The third-order valence-electron chi connectivity index (χ3n) is 2.89. The van der Waals surface area contributed by atoms with Gasteiger partial charge in [0.1, 0.15) is 11.6 Å². The summed E-state index contributed by atoms with van der Waals surface area (Å²) >= 11 is 5.09. The second-order valence-electron chi connectivity index (χ2n) is 4.53. The van der Waals surface area contributed by atoms with E-state index >= 15 is 0 Å². The molecule has 118 valence electrons. The van der Waals surface area contributed by atoms with E-state index in [9.17, 15) is 9.18 Å². The molecule has 0 bridgehead atoms. The number of amides is 1. The summed E-state index contributed by atoms with van der Waals surface area (Å²) in [5, 5.41) is 5.57. The molecule has 0 aliphatic carbocycles. The Morgan fingerprint density at radius 3 is 2.57 bits per heavy atom. The van der Waals surface area contributed by atoms with Gasteiger partial charge in [-0.05, 0) is 48.1 Å². The normalized spacial score (nSPS) is 10.3. The van der Waals surface area contributed by atoms with Crippen molar-refractivity contribution in [2.45, 2.75) is 0 Å². The molecule has 0 saturated heterocycles. The van der Waals surface area contributed by atoms with E-state index in [1.807, 2.05) is 12.1 Å². The first-order valence-corrected chi connectivity index (χ1v) is 7.18. The highest BCUT2D eigenvalue weighted by Crippen LogP contribution is 2.22. The Bertz CT molecular complexity index is 730. The van der Waals surface area contributed by atoms with Gasteiger partial charge in [-0.1, -0.05) is 24.3 Å². The number of hydrogen-bond donors (Lipinski definition) is 2. The molecule has 6 heteroatoms. The molecule has 1 amide bonds. The minimum Gasteiger partial charge on any atom is -0.495 e. The maximum Gasteiger partial charge on any atom is 0.250 e. The minimum atomic E-state index is -0.387. The number of hydrogen-bond acceptors (Lipinski definition) is 3. The number of thiocarbonyl (C=S) groups is 1. The van der Waals surface area contributed by atoms with Gasteiger partial charge in [-0.2, -0.15) is 0 Å². The third kappa shape index (κ3) is 5.19. The zero-order chi connectivity index (χ0) is 16.7. The van der Waals surface area contributed by atoms with Gasteiger partial charge in [0, 0.05) is 6.08 Å². The summed E-state index contributed by atoms with van der Waals surface area (Å²) in [4.78, 5) is 11.8. The number of rotatable bonds is 4. The van der Waals surface area contributed by atoms with Crippen LogP contribution in [0.3, 0.4) is 0 Å². The lowest BCUT2D eigenvalue weighted by Gasteiger charge is -2.11. The molecule has 0 heterocycles. The van der Waals surface area contributed by atoms with E-state index in [1.165, 1.54) is 18.2 Å². The van der Waals surface area contributed by atoms with Gasteiger partial charge in [0.15, 0.2) is 5.11 Å². The molecule has 0 spiro atoms. The van der Waals surface area contributed by atoms with Gasteiger partial charge in [-0.15, -0.1) is 0 Å². The van der Waals surface area contributed by atoms with Crippen LogP contribution in [-0.2, 0) is 4.79 Å². The van der Waals surface area contributed by atoms with Gasteiger partial charge in [-0.25, -0.2) is 4.39 Å². The van der Waals surface area contributed by atoms with Crippen LogP contribution in [0.25, 0.3) is 6.08 Å². The van der Waals surface area contributed by atoms with Crippen LogP contribution in [0, 0.1) is 5.82 Å². The van der Waals surface area contributed by atoms with Crippen molar-refractivity contribution in [2.24, 2.45) is 0 Å². The second-order valence-corrected chi connectivity index (χ2v) is 4.94. The van der Waals surface area contributed by atoms with E-state index in [-0.39, 0.29) is 16.8 Å². The summed E-state index contributed by atoms with van der Waals surface area (Å²) in [5.41, 5.74) is 1.37. The number of carbonyl (C=O) groups excluding carboxylic acids is 1. The van der Waals surface area contributed by atoms with Gasteiger partial charge in [-0.3, -0.25) is 10.1 Å². The predicted molar refractivity (Wildman–Crippen MR) is 92.8 cm³/mol. The molecule has 23 heavy (non-hydrogen) atoms. The zero-order valence-electron chi connectivity index (χ0n) is 12.4. The van der Waals surface area contributed by atoms with E-state index in [2.05, 4.69) is 10.6 Å². The molecule has 0 aliphatic rings. The molecular formula is C17H15FN2O2S. The SMILES string of the molecule is COc1ccccc1NC(=S)NC(=O)/C=C/c1ccc(F)cc1. The Morgan fingerprint density at radius 2 is 1.87 bits per heavy atom. The van der Waals surface area contributed by atoms with Crippen molar-refractivity contribution in [1.29, 1.82) is 0 Å². The fourth-order valence-electron chi connectivity index (χ4n) is 1.80. The highest BCUT2D eigenvalue weighted by molar-refractivity contribution is 7.80. The lowest BCUT2D eigenvalue weighted by atomic mass is 10.2. The maximum absolute atomic E-state index is 12.8. The lowest BCUT2D eigenvalue weighted by molar-refractivity contribution is -0.115. The van der Waals surface area contributed by atoms with E-state index in [4.69, 9.17) is 17.0 Å². The number of para-hydroxylation sites is 2. The van der Waals surface area contributed by atoms with Gasteiger partial charge in [0.2, 0.25) is 5.91 Å². The summed E-state index contributed by atoms with van der Waals surface area (Å²) < 4.78 is 18.0. The molecule has 0 atom stereocenters. The van der Waals surface area contributed by atoms with Crippen LogP contribution in [0.5, 0.6) is 5.75 Å². The molecular weight excluding hydrogens is 315 g/mol. The Labute approximate surface area is 139 Å². The average molecular weight is 330 g/mol. The Hall–Kier alpha value is -2.73. The van der Waals surface area contributed by atoms with Crippen LogP contribution >= 0.6 is 12.2 Å². The highest BCUT2D eigenvalue weighted by Gasteiger charge is 2.05. The summed E-state index contributed by atoms with van der Waals surface area (Å²) in [7, 11) is 1.55. The van der Waals surface area contributed by atoms with Crippen molar-refractivity contribution in [1.82, 2.24) is 5.32 Å². The maximum atomic E-state index is 12.8. The predicted octanol–water partition coefficient (Wildman–Crippen LogP) is 3.36. The summed E-state index contributed by atoms with van der Waals surface area (Å²) in [6, 6.07) is 13.0. The van der Waals surface area contributed by atoms with Crippen LogP contribution in [-0.4, -0.2) is 18.1 Å². The number of anilines is 1. The van der Waals surface area contributed by atoms with Crippen LogP contribution in [0.4, 0.5) is 10.1 Å². The highest BCUT2D eigenvalue weighted by atomic mass is 32.1. The van der Waals surface area contributed by atoms with E-state index in [1.54, 1.807) is 37.5 Å². The Kier molecular flexibility index (Phi) is 5.82. The fraction of sp³-hybridized carbons (Fsp3) is 0.0588. The first-order chi connectivity index (χ1) is 11.1. The molecule has 0 fully saturated rings. The van der Waals surface area contributed by atoms with Crippen molar-refractivity contribution < 1.29 is 13.9 Å². The summed E-state index contributed by atoms with van der Waals surface area (Å²) in [6.45, 7) is 0. The lowest BCUT2D eigenvalue weighted by Crippen LogP contribution is -2.32. The Balaban J connectivity index is 1.92. The second kappa shape index (κ2) is 8.05. The van der Waals surface area contributed by atoms with Gasteiger partial charge >= 0.3 is 0 Å². The van der Waals surface area contributed by atoms with Crippen molar-refractivity contribution in [3.05, 3.63) is 66.0 Å². The first-order valence-electron chi connectivity index (χ1n) is 6.77. The average Bonchev–Trinajstić information content (AvgIpc) is 2.54. The quantitative estimate of drug-likeness (QED) is 0.667. The molecule has 2 aromatic rings. The molecule has 2 aromatic carbocycles. The number of benzene rings is 2. The van der Waals surface area contributed by atoms with Crippen molar-refractivity contribution in [2.75, 3.05) is 12.4 Å². The largest absolute Gasteiger partial charge is 0.495 e. The van der Waals surface area contributed by atoms with E-state index < -0.39 is 0 Å². The Morgan fingerprint density at radius 1 is 1.17 bits per heavy atom. The monoisotopic (exact) mass is 330 g/mol. The topological polar surface area (TPSA) is 50.4 Å². The molecule has 0 saturated carbocycles. The van der Waals surface area contributed by atoms with Crippen LogP contribution in [0.2, 0.25) is 0 Å². The zero-order valence-corrected chi connectivity index (χ0v) is 13.2. The van der Waals surface area contributed by atoms with E-state index in [0.29, 0.717) is 17.0 Å². The smallest absolute Gasteiger partial charge is 0.250 e. The number of nitrogens with one attached hydrogen (secondary N) is 2.